The molecule has 0 aliphatic rings. The third-order valence-electron chi connectivity index (χ3n) is 2.50. The van der Waals surface area contributed by atoms with Crippen LogP contribution in [0, 0.1) is 6.92 Å². The van der Waals surface area contributed by atoms with Crippen molar-refractivity contribution >= 4 is 27.4 Å². The number of hydrogen-bond acceptors (Lipinski definition) is 5. The van der Waals surface area contributed by atoms with E-state index in [0.29, 0.717) is 5.69 Å². The van der Waals surface area contributed by atoms with Gasteiger partial charge in [0.2, 0.25) is 0 Å². The van der Waals surface area contributed by atoms with E-state index in [1.54, 1.807) is 6.92 Å². The third-order valence-corrected chi connectivity index (χ3v) is 5.19. The third kappa shape index (κ3) is 2.81. The maximum atomic E-state index is 12.0. The molecule has 1 atom stereocenters. The van der Waals surface area contributed by atoms with Crippen molar-refractivity contribution in [2.75, 3.05) is 13.0 Å². The molecule has 1 unspecified atom stereocenters. The highest BCUT2D eigenvalue weighted by Crippen LogP contribution is 2.17. The largest absolute Gasteiger partial charge is 0.465 e. The van der Waals surface area contributed by atoms with Crippen LogP contribution in [0.1, 0.15) is 23.0 Å². The van der Waals surface area contributed by atoms with E-state index in [-0.39, 0.29) is 16.5 Å². The molecule has 1 rings (SSSR count). The highest BCUT2D eigenvalue weighted by molar-refractivity contribution is 7.92. The Morgan fingerprint density at radius 2 is 2.11 bits per heavy atom. The molecule has 7 heteroatoms. The lowest BCUT2D eigenvalue weighted by molar-refractivity contribution is 0.0599. The number of aromatic nitrogens is 1. The fraction of sp³-hybridized carbons (Fsp3) is 0.455. The Labute approximate surface area is 111 Å². The van der Waals surface area contributed by atoms with Gasteiger partial charge in [0.1, 0.15) is 0 Å². The smallest absolute Gasteiger partial charge is 0.339 e. The Morgan fingerprint density at radius 1 is 1.50 bits per heavy atom. The summed E-state index contributed by atoms with van der Waals surface area (Å²) in [6, 6.07) is 2.68. The maximum Gasteiger partial charge on any atom is 0.339 e. The minimum atomic E-state index is -3.56. The van der Waals surface area contributed by atoms with Crippen molar-refractivity contribution in [1.82, 2.24) is 4.98 Å². The van der Waals surface area contributed by atoms with Crippen LogP contribution in [0.15, 0.2) is 17.2 Å². The number of rotatable bonds is 4. The Hall–Kier alpha value is -1.14. The molecular weight excluding hydrogens is 278 g/mol. The number of alkyl halides is 1. The fourth-order valence-electron chi connectivity index (χ4n) is 1.31. The minimum absolute atomic E-state index is 0.0121. The van der Waals surface area contributed by atoms with Gasteiger partial charge in [-0.05, 0) is 26.0 Å². The van der Waals surface area contributed by atoms with Crippen LogP contribution < -0.4 is 0 Å². The van der Waals surface area contributed by atoms with Crippen molar-refractivity contribution in [2.24, 2.45) is 0 Å². The highest BCUT2D eigenvalue weighted by Gasteiger charge is 2.25. The highest BCUT2D eigenvalue weighted by atomic mass is 35.5. The predicted molar refractivity (Wildman–Crippen MR) is 67.7 cm³/mol. The molecule has 1 aromatic rings. The number of pyridine rings is 1. The first-order valence-corrected chi connectivity index (χ1v) is 7.28. The summed E-state index contributed by atoms with van der Waals surface area (Å²) < 4.78 is 28.6. The van der Waals surface area contributed by atoms with E-state index < -0.39 is 21.1 Å². The van der Waals surface area contributed by atoms with Gasteiger partial charge in [-0.25, -0.2) is 18.2 Å². The van der Waals surface area contributed by atoms with Gasteiger partial charge in [-0.15, -0.1) is 11.6 Å². The molecular formula is C11H14ClNO4S. The maximum absolute atomic E-state index is 12.0. The van der Waals surface area contributed by atoms with Crippen LogP contribution in [-0.4, -0.2) is 37.6 Å². The molecule has 0 fully saturated rings. The summed E-state index contributed by atoms with van der Waals surface area (Å²) >= 11 is 5.55. The summed E-state index contributed by atoms with van der Waals surface area (Å²) in [7, 11) is -2.30. The lowest BCUT2D eigenvalue weighted by Gasteiger charge is -2.10. The van der Waals surface area contributed by atoms with Crippen molar-refractivity contribution < 1.29 is 17.9 Å². The number of carbonyl (C=O) groups excluding carboxylic acids is 1. The van der Waals surface area contributed by atoms with E-state index in [0.717, 1.165) is 0 Å². The zero-order valence-electron chi connectivity index (χ0n) is 10.3. The molecule has 0 bridgehead atoms. The van der Waals surface area contributed by atoms with Gasteiger partial charge in [-0.2, -0.15) is 0 Å². The van der Waals surface area contributed by atoms with Gasteiger partial charge in [-0.3, -0.25) is 0 Å². The first-order chi connectivity index (χ1) is 8.34. The molecule has 0 N–H and O–H groups in total. The molecule has 0 aromatic carbocycles. The normalized spacial score (nSPS) is 13.1. The summed E-state index contributed by atoms with van der Waals surface area (Å²) in [4.78, 5) is 15.3. The zero-order chi connectivity index (χ0) is 13.9. The molecule has 0 aliphatic carbocycles. The summed E-state index contributed by atoms with van der Waals surface area (Å²) in [5, 5.41) is -0.809. The molecule has 0 aliphatic heterocycles. The van der Waals surface area contributed by atoms with E-state index >= 15 is 0 Å². The molecule has 0 saturated carbocycles. The molecule has 5 nitrogen and oxygen atoms in total. The van der Waals surface area contributed by atoms with Crippen molar-refractivity contribution in [1.29, 1.82) is 0 Å². The molecule has 0 spiro atoms. The van der Waals surface area contributed by atoms with Crippen LogP contribution in [0.3, 0.4) is 0 Å². The fourth-order valence-corrected chi connectivity index (χ4v) is 2.91. The van der Waals surface area contributed by atoms with Gasteiger partial charge in [-0.1, -0.05) is 0 Å². The van der Waals surface area contributed by atoms with Gasteiger partial charge in [0.15, 0.2) is 14.9 Å². The summed E-state index contributed by atoms with van der Waals surface area (Å²) in [6.07, 6.45) is 0. The van der Waals surface area contributed by atoms with Gasteiger partial charge >= 0.3 is 5.97 Å². The van der Waals surface area contributed by atoms with Crippen LogP contribution in [-0.2, 0) is 14.6 Å². The number of methoxy groups -OCH3 is 1. The van der Waals surface area contributed by atoms with Crippen LogP contribution in [0.25, 0.3) is 0 Å². The molecule has 1 heterocycles. The molecule has 100 valence electrons. The number of halogens is 1. The molecule has 0 amide bonds. The second-order valence-corrected chi connectivity index (χ2v) is 6.41. The monoisotopic (exact) mass is 291 g/mol. The summed E-state index contributed by atoms with van der Waals surface area (Å²) in [5.41, 5.74) is 0.555. The van der Waals surface area contributed by atoms with Crippen molar-refractivity contribution in [3.05, 3.63) is 23.4 Å². The predicted octanol–water partition coefficient (Wildman–Crippen LogP) is 1.58. The molecule has 0 radical (unpaired) electrons. The number of carbonyl (C=O) groups is 1. The van der Waals surface area contributed by atoms with Crippen LogP contribution in [0.5, 0.6) is 0 Å². The number of sulfone groups is 1. The second-order valence-electron chi connectivity index (χ2n) is 3.78. The number of aryl methyl sites for hydroxylation is 1. The van der Waals surface area contributed by atoms with Gasteiger partial charge in [0.05, 0.1) is 23.6 Å². The topological polar surface area (TPSA) is 73.3 Å². The lowest BCUT2D eigenvalue weighted by atomic mass is 10.2. The standard InChI is InChI=1S/C11H14ClNO4S/c1-7(6-12)18(15,16)10-5-4-9(8(2)13-10)11(14)17-3/h4-5,7H,6H2,1-3H3. The van der Waals surface area contributed by atoms with Crippen LogP contribution in [0.2, 0.25) is 0 Å². The Balaban J connectivity index is 3.24. The zero-order valence-corrected chi connectivity index (χ0v) is 11.9. The van der Waals surface area contributed by atoms with Crippen molar-refractivity contribution in [2.45, 2.75) is 24.1 Å². The summed E-state index contributed by atoms with van der Waals surface area (Å²) in [6.45, 7) is 3.06. The van der Waals surface area contributed by atoms with E-state index in [1.165, 1.54) is 26.2 Å². The molecule has 0 saturated heterocycles. The van der Waals surface area contributed by atoms with Gasteiger partial charge < -0.3 is 4.74 Å². The Bertz CT molecular complexity index is 556. The average molecular weight is 292 g/mol. The number of nitrogens with zero attached hydrogens (tertiary/aromatic N) is 1. The number of esters is 1. The summed E-state index contributed by atoms with van der Waals surface area (Å²) in [5.74, 6) is -0.559. The second kappa shape index (κ2) is 5.67. The number of hydrogen-bond donors (Lipinski definition) is 0. The molecule has 18 heavy (non-hydrogen) atoms. The van der Waals surface area contributed by atoms with Gasteiger partial charge in [0.25, 0.3) is 0 Å². The van der Waals surface area contributed by atoms with E-state index in [2.05, 4.69) is 9.72 Å². The van der Waals surface area contributed by atoms with E-state index in [9.17, 15) is 13.2 Å². The SMILES string of the molecule is COC(=O)c1ccc(S(=O)(=O)C(C)CCl)nc1C. The van der Waals surface area contributed by atoms with Crippen molar-refractivity contribution in [3.8, 4) is 0 Å². The van der Waals surface area contributed by atoms with Crippen molar-refractivity contribution in [3.63, 3.8) is 0 Å². The van der Waals surface area contributed by atoms with Crippen LogP contribution in [0.4, 0.5) is 0 Å². The lowest BCUT2D eigenvalue weighted by Crippen LogP contribution is -2.21. The first kappa shape index (κ1) is 14.9. The van der Waals surface area contributed by atoms with Gasteiger partial charge in [0, 0.05) is 5.88 Å². The Kier molecular flexibility index (Phi) is 4.70. The Morgan fingerprint density at radius 3 is 2.56 bits per heavy atom. The first-order valence-electron chi connectivity index (χ1n) is 5.20. The molecule has 1 aromatic heterocycles. The quantitative estimate of drug-likeness (QED) is 0.622. The van der Waals surface area contributed by atoms with E-state index in [4.69, 9.17) is 11.6 Å². The minimum Gasteiger partial charge on any atom is -0.465 e. The average Bonchev–Trinajstić information content (AvgIpc) is 2.36. The number of ether oxygens (including phenoxy) is 1. The van der Waals surface area contributed by atoms with Crippen LogP contribution >= 0.6 is 11.6 Å². The van der Waals surface area contributed by atoms with E-state index in [1.807, 2.05) is 0 Å².